The van der Waals surface area contributed by atoms with Gasteiger partial charge < -0.3 is 0 Å². The molecule has 0 aliphatic carbocycles. The second-order valence-electron chi connectivity index (χ2n) is 1.25. The van der Waals surface area contributed by atoms with Gasteiger partial charge in [0.25, 0.3) is 0 Å². The van der Waals surface area contributed by atoms with Crippen molar-refractivity contribution in [2.45, 2.75) is 6.92 Å². The molecule has 0 rings (SSSR count). The van der Waals surface area contributed by atoms with Crippen LogP contribution < -0.4 is 0 Å². The summed E-state index contributed by atoms with van der Waals surface area (Å²) in [6.07, 6.45) is 0. The van der Waals surface area contributed by atoms with E-state index in [-0.39, 0.29) is 0 Å². The summed E-state index contributed by atoms with van der Waals surface area (Å²) < 4.78 is 6.44. The molecule has 0 N–H and O–H groups in total. The Bertz CT molecular complexity index is 53.3. The monoisotopic (exact) mass is 137 g/mol. The quantitative estimate of drug-likeness (QED) is 0.250. The fourth-order valence-electron chi connectivity index (χ4n) is 0.135. The van der Waals surface area contributed by atoms with Crippen molar-refractivity contribution in [3.05, 3.63) is 0 Å². The SMILES string of the molecule is CCN(C)SOOC. The molecule has 0 bridgehead atoms. The summed E-state index contributed by atoms with van der Waals surface area (Å²) in [4.78, 5) is 4.34. The Labute approximate surface area is 54.2 Å². The normalized spacial score (nSPS) is 10.5. The molecule has 4 heteroatoms. The summed E-state index contributed by atoms with van der Waals surface area (Å²) in [6, 6.07) is 0. The Balaban J connectivity index is 2.86. The van der Waals surface area contributed by atoms with Crippen LogP contribution in [-0.4, -0.2) is 25.0 Å². The fraction of sp³-hybridized carbons (Fsp3) is 1.00. The highest BCUT2D eigenvalue weighted by Gasteiger charge is 1.92. The van der Waals surface area contributed by atoms with Gasteiger partial charge in [0, 0.05) is 6.54 Å². The number of rotatable bonds is 4. The lowest BCUT2D eigenvalue weighted by atomic mass is 10.8. The Morgan fingerprint density at radius 2 is 2.25 bits per heavy atom. The van der Waals surface area contributed by atoms with Crippen LogP contribution >= 0.6 is 12.2 Å². The van der Waals surface area contributed by atoms with Crippen molar-refractivity contribution < 1.29 is 9.22 Å². The van der Waals surface area contributed by atoms with E-state index in [0.717, 1.165) is 6.54 Å². The highest BCUT2D eigenvalue weighted by molar-refractivity contribution is 7.92. The van der Waals surface area contributed by atoms with Crippen molar-refractivity contribution in [3.8, 4) is 0 Å². The fourth-order valence-corrected chi connectivity index (χ4v) is 0.405. The number of nitrogens with zero attached hydrogens (tertiary/aromatic N) is 1. The topological polar surface area (TPSA) is 21.7 Å². The second-order valence-corrected chi connectivity index (χ2v) is 2.16. The third-order valence-corrected chi connectivity index (χ3v) is 1.38. The lowest BCUT2D eigenvalue weighted by molar-refractivity contribution is -0.163. The molecule has 0 aromatic carbocycles. The summed E-state index contributed by atoms with van der Waals surface area (Å²) in [5, 5.41) is 0. The van der Waals surface area contributed by atoms with Gasteiger partial charge in [0.05, 0.1) is 7.11 Å². The van der Waals surface area contributed by atoms with Gasteiger partial charge in [-0.05, 0) is 7.05 Å². The van der Waals surface area contributed by atoms with E-state index in [1.54, 1.807) is 0 Å². The molecule has 0 heterocycles. The minimum absolute atomic E-state index is 0.939. The maximum Gasteiger partial charge on any atom is 0.120 e. The Kier molecular flexibility index (Phi) is 5.52. The molecule has 0 saturated carbocycles. The lowest BCUT2D eigenvalue weighted by Crippen LogP contribution is -2.07. The highest BCUT2D eigenvalue weighted by Crippen LogP contribution is 2.05. The molecule has 8 heavy (non-hydrogen) atoms. The zero-order valence-corrected chi connectivity index (χ0v) is 6.20. The average Bonchev–Trinajstić information content (AvgIpc) is 1.83. The molecule has 0 fully saturated rings. The van der Waals surface area contributed by atoms with Crippen LogP contribution in [0.4, 0.5) is 0 Å². The molecule has 0 aromatic heterocycles. The molecule has 0 saturated heterocycles. The van der Waals surface area contributed by atoms with Crippen molar-refractivity contribution in [3.63, 3.8) is 0 Å². The molecule has 0 spiro atoms. The van der Waals surface area contributed by atoms with E-state index in [4.69, 9.17) is 0 Å². The first-order valence-corrected chi connectivity index (χ1v) is 3.09. The van der Waals surface area contributed by atoms with Gasteiger partial charge >= 0.3 is 0 Å². The summed E-state index contributed by atoms with van der Waals surface area (Å²) in [6.45, 7) is 2.97. The molecule has 0 amide bonds. The van der Waals surface area contributed by atoms with Gasteiger partial charge in [0.15, 0.2) is 0 Å². The van der Waals surface area contributed by atoms with Crippen LogP contribution in [0.1, 0.15) is 6.92 Å². The summed E-state index contributed by atoms with van der Waals surface area (Å²) in [5.74, 6) is 0. The first-order chi connectivity index (χ1) is 3.81. The average molecular weight is 137 g/mol. The van der Waals surface area contributed by atoms with Gasteiger partial charge in [-0.25, -0.2) is 9.19 Å². The molecule has 0 atom stereocenters. The van der Waals surface area contributed by atoms with Crippen molar-refractivity contribution in [2.75, 3.05) is 20.7 Å². The van der Waals surface area contributed by atoms with E-state index in [2.05, 4.69) is 9.22 Å². The van der Waals surface area contributed by atoms with E-state index in [0.29, 0.717) is 0 Å². The van der Waals surface area contributed by atoms with Gasteiger partial charge in [0.1, 0.15) is 12.2 Å². The van der Waals surface area contributed by atoms with Crippen LogP contribution in [0.15, 0.2) is 0 Å². The highest BCUT2D eigenvalue weighted by atomic mass is 32.2. The van der Waals surface area contributed by atoms with Crippen LogP contribution in [0.5, 0.6) is 0 Å². The van der Waals surface area contributed by atoms with Crippen LogP contribution in [-0.2, 0) is 9.22 Å². The maximum absolute atomic E-state index is 4.53. The van der Waals surface area contributed by atoms with E-state index >= 15 is 0 Å². The first-order valence-electron chi connectivity index (χ1n) is 2.39. The molecule has 3 nitrogen and oxygen atoms in total. The molecular weight excluding hydrogens is 126 g/mol. The summed E-state index contributed by atoms with van der Waals surface area (Å²) in [5.41, 5.74) is 0. The van der Waals surface area contributed by atoms with Crippen LogP contribution in [0.25, 0.3) is 0 Å². The zero-order valence-electron chi connectivity index (χ0n) is 5.38. The molecular formula is C4H11NO2S. The number of hydrogen-bond acceptors (Lipinski definition) is 4. The lowest BCUT2D eigenvalue weighted by Gasteiger charge is -2.07. The molecule has 0 aromatic rings. The standard InChI is InChI=1S/C4H11NO2S/c1-4-5(2)8-7-6-3/h4H2,1-3H3. The van der Waals surface area contributed by atoms with Gasteiger partial charge in [-0.3, -0.25) is 0 Å². The molecule has 50 valence electrons. The molecule has 0 aliphatic rings. The van der Waals surface area contributed by atoms with Crippen molar-refractivity contribution in [2.24, 2.45) is 0 Å². The Morgan fingerprint density at radius 1 is 1.62 bits per heavy atom. The van der Waals surface area contributed by atoms with Crippen LogP contribution in [0.2, 0.25) is 0 Å². The minimum atomic E-state index is 0.939. The van der Waals surface area contributed by atoms with Crippen molar-refractivity contribution in [1.29, 1.82) is 0 Å². The van der Waals surface area contributed by atoms with E-state index in [9.17, 15) is 0 Å². The summed E-state index contributed by atoms with van der Waals surface area (Å²) in [7, 11) is 3.40. The van der Waals surface area contributed by atoms with Gasteiger partial charge in [-0.15, -0.1) is 4.33 Å². The third kappa shape index (κ3) is 4.39. The first kappa shape index (κ1) is 8.23. The minimum Gasteiger partial charge on any atom is -0.228 e. The van der Waals surface area contributed by atoms with E-state index < -0.39 is 0 Å². The van der Waals surface area contributed by atoms with Gasteiger partial charge in [0.2, 0.25) is 0 Å². The van der Waals surface area contributed by atoms with E-state index in [1.165, 1.54) is 19.3 Å². The smallest absolute Gasteiger partial charge is 0.120 e. The largest absolute Gasteiger partial charge is 0.228 e. The Morgan fingerprint density at radius 3 is 2.62 bits per heavy atom. The summed E-state index contributed by atoms with van der Waals surface area (Å²) >= 11 is 1.19. The zero-order chi connectivity index (χ0) is 6.41. The Hall–Kier alpha value is 0.230. The van der Waals surface area contributed by atoms with Crippen LogP contribution in [0, 0.1) is 0 Å². The maximum atomic E-state index is 4.53. The second kappa shape index (κ2) is 5.37. The van der Waals surface area contributed by atoms with E-state index in [1.807, 2.05) is 18.3 Å². The van der Waals surface area contributed by atoms with Gasteiger partial charge in [-0.2, -0.15) is 0 Å². The molecule has 0 aliphatic heterocycles. The predicted molar refractivity (Wildman–Crippen MR) is 34.0 cm³/mol. The molecule has 0 unspecified atom stereocenters. The van der Waals surface area contributed by atoms with Crippen molar-refractivity contribution >= 4 is 12.2 Å². The van der Waals surface area contributed by atoms with Gasteiger partial charge in [-0.1, -0.05) is 6.92 Å². The van der Waals surface area contributed by atoms with Crippen LogP contribution in [0.3, 0.4) is 0 Å². The predicted octanol–water partition coefficient (Wildman–Crippen LogP) is 1.08. The third-order valence-electron chi connectivity index (χ3n) is 0.671. The number of hydrogen-bond donors (Lipinski definition) is 0. The molecule has 0 radical (unpaired) electrons. The van der Waals surface area contributed by atoms with Crippen molar-refractivity contribution in [1.82, 2.24) is 4.31 Å².